The minimum Gasteiger partial charge on any atom is -0.379 e. The van der Waals surface area contributed by atoms with E-state index in [9.17, 15) is 4.79 Å². The number of carbonyl (C=O) groups is 1. The Morgan fingerprint density at radius 2 is 1.40 bits per heavy atom. The quantitative estimate of drug-likeness (QED) is 0.0841. The molecule has 0 bridgehead atoms. The zero-order valence-corrected chi connectivity index (χ0v) is 26.3. The van der Waals surface area contributed by atoms with Gasteiger partial charge in [0.25, 0.3) is 0 Å². The standard InChI is InChI=1S/C35H62N2O3/c1-3-4-5-6-7-8-9-10-11-12-13-14-15-16-17-22-33(2)37(32-38)35-24-19-18-23-34(35)31-40-28-21-20-25-36-26-29-39-30-27-36/h18-19,23-24,32-33H,3-17,20-22,25-31H2,1-2H3. The number of amides is 1. The Morgan fingerprint density at radius 3 is 2.00 bits per heavy atom. The molecule has 1 atom stereocenters. The molecule has 2 rings (SSSR count). The molecule has 5 nitrogen and oxygen atoms in total. The lowest BCUT2D eigenvalue weighted by atomic mass is 10.0. The molecule has 0 radical (unpaired) electrons. The number of rotatable bonds is 26. The second kappa shape index (κ2) is 24.2. The molecule has 0 spiro atoms. The van der Waals surface area contributed by atoms with E-state index in [1.54, 1.807) is 0 Å². The van der Waals surface area contributed by atoms with Gasteiger partial charge in [-0.3, -0.25) is 9.69 Å². The average molecular weight is 559 g/mol. The molecule has 230 valence electrons. The lowest BCUT2D eigenvalue weighted by Crippen LogP contribution is -2.36. The Hall–Kier alpha value is -1.43. The number of hydrogen-bond donors (Lipinski definition) is 0. The van der Waals surface area contributed by atoms with Crippen LogP contribution in [-0.2, 0) is 20.9 Å². The summed E-state index contributed by atoms with van der Waals surface area (Å²) in [6.45, 7) is 10.7. The Kier molecular flexibility index (Phi) is 21.0. The highest BCUT2D eigenvalue weighted by Crippen LogP contribution is 2.24. The highest BCUT2D eigenvalue weighted by atomic mass is 16.5. The number of hydrogen-bond acceptors (Lipinski definition) is 4. The van der Waals surface area contributed by atoms with Gasteiger partial charge in [0.1, 0.15) is 0 Å². The SMILES string of the molecule is CCCCCCCCCCCCCCCCCC(C)N(C=O)c1ccccc1COCCCCN1CCOCC1. The summed E-state index contributed by atoms with van der Waals surface area (Å²) in [5.74, 6) is 0. The number of nitrogens with zero attached hydrogens (tertiary/aromatic N) is 2. The lowest BCUT2D eigenvalue weighted by Gasteiger charge is -2.27. The van der Waals surface area contributed by atoms with E-state index in [0.717, 1.165) is 76.4 Å². The van der Waals surface area contributed by atoms with Crippen molar-refractivity contribution in [3.05, 3.63) is 29.8 Å². The molecule has 0 saturated carbocycles. The molecule has 1 unspecified atom stereocenters. The van der Waals surface area contributed by atoms with E-state index in [0.29, 0.717) is 6.61 Å². The number of anilines is 1. The minimum absolute atomic E-state index is 0.203. The van der Waals surface area contributed by atoms with Crippen molar-refractivity contribution in [1.82, 2.24) is 4.90 Å². The van der Waals surface area contributed by atoms with Crippen molar-refractivity contribution in [3.8, 4) is 0 Å². The molecule has 1 aromatic carbocycles. The molecule has 1 amide bonds. The van der Waals surface area contributed by atoms with Crippen molar-refractivity contribution in [1.29, 1.82) is 0 Å². The number of morpholine rings is 1. The summed E-state index contributed by atoms with van der Waals surface area (Å²) in [7, 11) is 0. The molecular weight excluding hydrogens is 496 g/mol. The Morgan fingerprint density at radius 1 is 0.825 bits per heavy atom. The van der Waals surface area contributed by atoms with Crippen LogP contribution < -0.4 is 4.90 Å². The largest absolute Gasteiger partial charge is 0.379 e. The maximum atomic E-state index is 12.1. The van der Waals surface area contributed by atoms with E-state index in [1.165, 1.54) is 96.3 Å². The van der Waals surface area contributed by atoms with Gasteiger partial charge in [0, 0.05) is 37.0 Å². The van der Waals surface area contributed by atoms with Crippen LogP contribution in [-0.4, -0.2) is 56.8 Å². The molecule has 1 saturated heterocycles. The van der Waals surface area contributed by atoms with Crippen LogP contribution in [0, 0.1) is 0 Å². The number of ether oxygens (including phenoxy) is 2. The van der Waals surface area contributed by atoms with E-state index >= 15 is 0 Å². The fourth-order valence-electron chi connectivity index (χ4n) is 5.78. The van der Waals surface area contributed by atoms with Gasteiger partial charge in [0.15, 0.2) is 0 Å². The first-order valence-electron chi connectivity index (χ1n) is 17.0. The summed E-state index contributed by atoms with van der Waals surface area (Å²) < 4.78 is 11.5. The van der Waals surface area contributed by atoms with Crippen LogP contribution >= 0.6 is 0 Å². The fraction of sp³-hybridized carbons (Fsp3) is 0.800. The third kappa shape index (κ3) is 16.1. The van der Waals surface area contributed by atoms with Crippen LogP contribution in [0.5, 0.6) is 0 Å². The van der Waals surface area contributed by atoms with Crippen LogP contribution in [0.15, 0.2) is 24.3 Å². The summed E-state index contributed by atoms with van der Waals surface area (Å²) >= 11 is 0. The molecule has 5 heteroatoms. The molecule has 1 aliphatic rings. The number of para-hydroxylation sites is 1. The van der Waals surface area contributed by atoms with Gasteiger partial charge in [0.2, 0.25) is 6.41 Å². The Bertz CT molecular complexity index is 722. The third-order valence-corrected chi connectivity index (χ3v) is 8.46. The maximum Gasteiger partial charge on any atom is 0.214 e. The molecule has 40 heavy (non-hydrogen) atoms. The van der Waals surface area contributed by atoms with Crippen LogP contribution in [0.4, 0.5) is 5.69 Å². The van der Waals surface area contributed by atoms with Crippen molar-refractivity contribution in [2.24, 2.45) is 0 Å². The fourth-order valence-corrected chi connectivity index (χ4v) is 5.78. The average Bonchev–Trinajstić information content (AvgIpc) is 2.98. The summed E-state index contributed by atoms with van der Waals surface area (Å²) in [6.07, 6.45) is 25.0. The van der Waals surface area contributed by atoms with Crippen LogP contribution in [0.1, 0.15) is 135 Å². The first-order chi connectivity index (χ1) is 19.8. The van der Waals surface area contributed by atoms with Crippen molar-refractivity contribution in [2.75, 3.05) is 44.4 Å². The van der Waals surface area contributed by atoms with E-state index in [2.05, 4.69) is 30.9 Å². The molecule has 1 heterocycles. The van der Waals surface area contributed by atoms with Crippen molar-refractivity contribution in [3.63, 3.8) is 0 Å². The van der Waals surface area contributed by atoms with E-state index in [1.807, 2.05) is 17.0 Å². The topological polar surface area (TPSA) is 42.0 Å². The van der Waals surface area contributed by atoms with Gasteiger partial charge < -0.3 is 14.4 Å². The van der Waals surface area contributed by atoms with Crippen molar-refractivity contribution in [2.45, 2.75) is 142 Å². The summed E-state index contributed by atoms with van der Waals surface area (Å²) in [5.41, 5.74) is 2.10. The summed E-state index contributed by atoms with van der Waals surface area (Å²) in [5, 5.41) is 0. The second-order valence-corrected chi connectivity index (χ2v) is 11.9. The third-order valence-electron chi connectivity index (χ3n) is 8.46. The van der Waals surface area contributed by atoms with Gasteiger partial charge in [0.05, 0.1) is 19.8 Å². The highest BCUT2D eigenvalue weighted by molar-refractivity contribution is 5.77. The van der Waals surface area contributed by atoms with Crippen molar-refractivity contribution >= 4 is 12.1 Å². The first-order valence-corrected chi connectivity index (χ1v) is 17.0. The molecule has 0 aromatic heterocycles. The van der Waals surface area contributed by atoms with Gasteiger partial charge in [-0.05, 0) is 38.8 Å². The highest BCUT2D eigenvalue weighted by Gasteiger charge is 2.17. The molecule has 1 fully saturated rings. The van der Waals surface area contributed by atoms with Crippen LogP contribution in [0.2, 0.25) is 0 Å². The monoisotopic (exact) mass is 558 g/mol. The zero-order valence-electron chi connectivity index (χ0n) is 26.3. The normalized spacial score (nSPS) is 14.8. The van der Waals surface area contributed by atoms with Gasteiger partial charge in [-0.1, -0.05) is 121 Å². The Labute approximate surface area is 247 Å². The zero-order chi connectivity index (χ0) is 28.5. The molecule has 0 N–H and O–H groups in total. The molecule has 1 aromatic rings. The maximum absolute atomic E-state index is 12.1. The van der Waals surface area contributed by atoms with Gasteiger partial charge >= 0.3 is 0 Å². The van der Waals surface area contributed by atoms with Crippen LogP contribution in [0.3, 0.4) is 0 Å². The van der Waals surface area contributed by atoms with E-state index < -0.39 is 0 Å². The molecular formula is C35H62N2O3. The van der Waals surface area contributed by atoms with E-state index in [4.69, 9.17) is 9.47 Å². The molecule has 0 aliphatic carbocycles. The Balaban J connectivity index is 1.52. The lowest BCUT2D eigenvalue weighted by molar-refractivity contribution is -0.107. The van der Waals surface area contributed by atoms with Gasteiger partial charge in [-0.15, -0.1) is 0 Å². The smallest absolute Gasteiger partial charge is 0.214 e. The van der Waals surface area contributed by atoms with Gasteiger partial charge in [-0.25, -0.2) is 0 Å². The number of carbonyl (C=O) groups excluding carboxylic acids is 1. The molecule has 1 aliphatic heterocycles. The summed E-state index contributed by atoms with van der Waals surface area (Å²) in [6, 6.07) is 8.43. The van der Waals surface area contributed by atoms with Crippen molar-refractivity contribution < 1.29 is 14.3 Å². The van der Waals surface area contributed by atoms with Gasteiger partial charge in [-0.2, -0.15) is 0 Å². The number of unbranched alkanes of at least 4 members (excludes halogenated alkanes) is 15. The minimum atomic E-state index is 0.203. The number of benzene rings is 1. The first kappa shape index (κ1) is 34.8. The second-order valence-electron chi connectivity index (χ2n) is 11.9. The predicted molar refractivity (Wildman–Crippen MR) is 170 cm³/mol. The predicted octanol–water partition coefficient (Wildman–Crippen LogP) is 8.93. The van der Waals surface area contributed by atoms with Crippen LogP contribution in [0.25, 0.3) is 0 Å². The van der Waals surface area contributed by atoms with E-state index in [-0.39, 0.29) is 6.04 Å². The summed E-state index contributed by atoms with van der Waals surface area (Å²) in [4.78, 5) is 16.5.